The molecule has 2 heterocycles. The number of aromatic nitrogens is 3. The average molecular weight is 262 g/mol. The molecular weight excluding hydrogens is 252 g/mol. The van der Waals surface area contributed by atoms with Crippen molar-refractivity contribution in [3.63, 3.8) is 0 Å². The SMILES string of the molecule is Cc1csc(Sc2nnc(C)c(C)c2C#N)n1. The van der Waals surface area contributed by atoms with Gasteiger partial charge in [-0.05, 0) is 38.1 Å². The summed E-state index contributed by atoms with van der Waals surface area (Å²) in [4.78, 5) is 4.34. The van der Waals surface area contributed by atoms with Gasteiger partial charge in [-0.1, -0.05) is 0 Å². The summed E-state index contributed by atoms with van der Waals surface area (Å²) in [5.41, 5.74) is 3.25. The second-order valence-corrected chi connectivity index (χ2v) is 5.65. The molecule has 0 aliphatic heterocycles. The van der Waals surface area contributed by atoms with Gasteiger partial charge in [-0.15, -0.1) is 16.4 Å². The molecule has 4 nitrogen and oxygen atoms in total. The summed E-state index contributed by atoms with van der Waals surface area (Å²) in [7, 11) is 0. The summed E-state index contributed by atoms with van der Waals surface area (Å²) in [6.07, 6.45) is 0. The molecule has 0 fully saturated rings. The van der Waals surface area contributed by atoms with Crippen LogP contribution in [0.25, 0.3) is 0 Å². The third-order valence-electron chi connectivity index (χ3n) is 2.32. The Morgan fingerprint density at radius 2 is 2.06 bits per heavy atom. The molecule has 0 spiro atoms. The smallest absolute Gasteiger partial charge is 0.156 e. The van der Waals surface area contributed by atoms with Crippen LogP contribution < -0.4 is 0 Å². The van der Waals surface area contributed by atoms with Gasteiger partial charge in [0.2, 0.25) is 0 Å². The first-order chi connectivity index (χ1) is 8.11. The van der Waals surface area contributed by atoms with Crippen molar-refractivity contribution in [2.24, 2.45) is 0 Å². The highest BCUT2D eigenvalue weighted by atomic mass is 32.2. The Labute approximate surface area is 108 Å². The van der Waals surface area contributed by atoms with Crippen molar-refractivity contribution in [1.82, 2.24) is 15.2 Å². The lowest BCUT2D eigenvalue weighted by molar-refractivity contribution is 0.870. The van der Waals surface area contributed by atoms with Gasteiger partial charge in [0.25, 0.3) is 0 Å². The molecule has 2 rings (SSSR count). The molecule has 2 aromatic heterocycles. The van der Waals surface area contributed by atoms with Gasteiger partial charge >= 0.3 is 0 Å². The highest BCUT2D eigenvalue weighted by Gasteiger charge is 2.13. The van der Waals surface area contributed by atoms with Crippen molar-refractivity contribution in [3.8, 4) is 6.07 Å². The zero-order valence-corrected chi connectivity index (χ0v) is 11.3. The maximum atomic E-state index is 9.16. The average Bonchev–Trinajstić information content (AvgIpc) is 2.70. The second-order valence-electron chi connectivity index (χ2n) is 3.56. The van der Waals surface area contributed by atoms with Gasteiger partial charge in [-0.3, -0.25) is 0 Å². The fourth-order valence-electron chi connectivity index (χ4n) is 1.25. The molecule has 0 saturated heterocycles. The van der Waals surface area contributed by atoms with Crippen molar-refractivity contribution >= 4 is 23.1 Å². The molecule has 0 bridgehead atoms. The van der Waals surface area contributed by atoms with Gasteiger partial charge in [0, 0.05) is 11.1 Å². The summed E-state index contributed by atoms with van der Waals surface area (Å²) < 4.78 is 0.886. The fraction of sp³-hybridized carbons (Fsp3) is 0.273. The van der Waals surface area contributed by atoms with Crippen LogP contribution >= 0.6 is 23.1 Å². The van der Waals surface area contributed by atoms with Crippen LogP contribution in [0.2, 0.25) is 0 Å². The van der Waals surface area contributed by atoms with Crippen molar-refractivity contribution in [3.05, 3.63) is 27.9 Å². The van der Waals surface area contributed by atoms with Gasteiger partial charge in [-0.25, -0.2) is 4.98 Å². The van der Waals surface area contributed by atoms with Crippen LogP contribution in [0, 0.1) is 32.1 Å². The molecule has 0 radical (unpaired) electrons. The highest BCUT2D eigenvalue weighted by Crippen LogP contribution is 2.31. The first kappa shape index (κ1) is 12.0. The van der Waals surface area contributed by atoms with Crippen LogP contribution in [0.3, 0.4) is 0 Å². The number of aryl methyl sites for hydroxylation is 2. The van der Waals surface area contributed by atoms with Gasteiger partial charge in [0.05, 0.1) is 11.3 Å². The first-order valence-corrected chi connectivity index (χ1v) is 6.65. The summed E-state index contributed by atoms with van der Waals surface area (Å²) >= 11 is 2.94. The van der Waals surface area contributed by atoms with E-state index in [1.807, 2.05) is 26.2 Å². The van der Waals surface area contributed by atoms with E-state index >= 15 is 0 Å². The van der Waals surface area contributed by atoms with E-state index in [-0.39, 0.29) is 0 Å². The third kappa shape index (κ3) is 2.46. The van der Waals surface area contributed by atoms with Crippen LogP contribution in [0.4, 0.5) is 0 Å². The molecule has 0 aliphatic carbocycles. The minimum atomic E-state index is 0.593. The lowest BCUT2D eigenvalue weighted by Crippen LogP contribution is -1.98. The molecule has 0 saturated carbocycles. The van der Waals surface area contributed by atoms with Crippen LogP contribution in [0.1, 0.15) is 22.5 Å². The molecule has 0 N–H and O–H groups in total. The monoisotopic (exact) mass is 262 g/mol. The molecule has 0 unspecified atom stereocenters. The number of hydrogen-bond donors (Lipinski definition) is 0. The Morgan fingerprint density at radius 1 is 1.29 bits per heavy atom. The van der Waals surface area contributed by atoms with E-state index in [2.05, 4.69) is 21.3 Å². The van der Waals surface area contributed by atoms with Gasteiger partial charge in [-0.2, -0.15) is 10.4 Å². The molecule has 2 aromatic rings. The summed E-state index contributed by atoms with van der Waals surface area (Å²) in [5, 5.41) is 19.9. The highest BCUT2D eigenvalue weighted by molar-refractivity contribution is 8.01. The molecule has 0 amide bonds. The van der Waals surface area contributed by atoms with Gasteiger partial charge < -0.3 is 0 Å². The largest absolute Gasteiger partial charge is 0.235 e. The number of hydrogen-bond acceptors (Lipinski definition) is 6. The molecular formula is C11H10N4S2. The second kappa shape index (κ2) is 4.82. The van der Waals surface area contributed by atoms with E-state index in [9.17, 15) is 0 Å². The topological polar surface area (TPSA) is 62.5 Å². The van der Waals surface area contributed by atoms with E-state index in [1.165, 1.54) is 11.8 Å². The van der Waals surface area contributed by atoms with Gasteiger partial charge in [0.15, 0.2) is 4.34 Å². The van der Waals surface area contributed by atoms with Crippen LogP contribution in [-0.4, -0.2) is 15.2 Å². The van der Waals surface area contributed by atoms with Crippen LogP contribution in [0.15, 0.2) is 14.7 Å². The maximum absolute atomic E-state index is 9.16. The Balaban J connectivity index is 2.40. The summed E-state index contributed by atoms with van der Waals surface area (Å²) in [6.45, 7) is 5.68. The molecule has 0 atom stereocenters. The zero-order valence-electron chi connectivity index (χ0n) is 9.68. The molecule has 0 aliphatic rings. The van der Waals surface area contributed by atoms with Crippen molar-refractivity contribution in [2.45, 2.75) is 30.1 Å². The number of nitriles is 1. The van der Waals surface area contributed by atoms with Crippen molar-refractivity contribution in [2.75, 3.05) is 0 Å². The zero-order chi connectivity index (χ0) is 12.4. The minimum Gasteiger partial charge on any atom is -0.235 e. The van der Waals surface area contributed by atoms with Crippen molar-refractivity contribution in [1.29, 1.82) is 5.26 Å². The van der Waals surface area contributed by atoms with Crippen LogP contribution in [0.5, 0.6) is 0 Å². The minimum absolute atomic E-state index is 0.593. The van der Waals surface area contributed by atoms with E-state index in [1.54, 1.807) is 11.3 Å². The normalized spacial score (nSPS) is 10.2. The standard InChI is InChI=1S/C11H10N4S2/c1-6-5-16-11(13-6)17-10-9(4-12)7(2)8(3)14-15-10/h5H,1-3H3. The Bertz CT molecular complexity index is 598. The number of nitrogens with zero attached hydrogens (tertiary/aromatic N) is 4. The summed E-state index contributed by atoms with van der Waals surface area (Å²) in [6, 6.07) is 2.19. The van der Waals surface area contributed by atoms with E-state index in [4.69, 9.17) is 5.26 Å². The lowest BCUT2D eigenvalue weighted by atomic mass is 10.1. The van der Waals surface area contributed by atoms with E-state index in [0.29, 0.717) is 10.6 Å². The van der Waals surface area contributed by atoms with E-state index < -0.39 is 0 Å². The molecule has 86 valence electrons. The Hall–Kier alpha value is -1.45. The fourth-order valence-corrected chi connectivity index (χ4v) is 3.08. The maximum Gasteiger partial charge on any atom is 0.156 e. The summed E-state index contributed by atoms with van der Waals surface area (Å²) in [5.74, 6) is 0. The Kier molecular flexibility index (Phi) is 3.41. The third-order valence-corrected chi connectivity index (χ3v) is 4.35. The quantitative estimate of drug-likeness (QED) is 0.832. The predicted molar refractivity (Wildman–Crippen MR) is 67.2 cm³/mol. The number of thiazole rings is 1. The first-order valence-electron chi connectivity index (χ1n) is 4.95. The molecule has 0 aromatic carbocycles. The van der Waals surface area contributed by atoms with Gasteiger partial charge in [0.1, 0.15) is 11.1 Å². The molecule has 6 heteroatoms. The lowest BCUT2D eigenvalue weighted by Gasteiger charge is -2.04. The van der Waals surface area contributed by atoms with E-state index in [0.717, 1.165) is 21.3 Å². The molecule has 17 heavy (non-hydrogen) atoms. The van der Waals surface area contributed by atoms with Crippen molar-refractivity contribution < 1.29 is 0 Å². The predicted octanol–water partition coefficient (Wildman–Crippen LogP) is 2.88. The Morgan fingerprint density at radius 3 is 2.65 bits per heavy atom. The van der Waals surface area contributed by atoms with Crippen LogP contribution in [-0.2, 0) is 0 Å². The number of rotatable bonds is 2.